The second-order valence-corrected chi connectivity index (χ2v) is 6.07. The van der Waals surface area contributed by atoms with Gasteiger partial charge in [0, 0.05) is 30.4 Å². The topological polar surface area (TPSA) is 58.5 Å². The van der Waals surface area contributed by atoms with Gasteiger partial charge in [-0.3, -0.25) is 0 Å². The van der Waals surface area contributed by atoms with Crippen LogP contribution in [0.15, 0.2) is 0 Å². The van der Waals surface area contributed by atoms with Crippen LogP contribution in [0.3, 0.4) is 0 Å². The maximum Gasteiger partial charge on any atom is 0.205 e. The quantitative estimate of drug-likeness (QED) is 0.910. The zero-order chi connectivity index (χ0) is 13.2. The highest BCUT2D eigenvalue weighted by molar-refractivity contribution is 7.09. The molecule has 0 spiro atoms. The van der Waals surface area contributed by atoms with Crippen LogP contribution in [0.2, 0.25) is 0 Å². The van der Waals surface area contributed by atoms with Gasteiger partial charge < -0.3 is 14.7 Å². The third kappa shape index (κ3) is 2.61. The summed E-state index contributed by atoms with van der Waals surface area (Å²) in [4.78, 5) is 6.90. The molecule has 1 saturated carbocycles. The van der Waals surface area contributed by atoms with Crippen molar-refractivity contribution in [1.82, 2.24) is 9.36 Å². The fourth-order valence-corrected chi connectivity index (χ4v) is 3.97. The van der Waals surface area contributed by atoms with E-state index in [0.717, 1.165) is 49.8 Å². The Morgan fingerprint density at radius 3 is 3.05 bits per heavy atom. The summed E-state index contributed by atoms with van der Waals surface area (Å²) in [7, 11) is 0. The van der Waals surface area contributed by atoms with Crippen LogP contribution in [0.5, 0.6) is 0 Å². The number of aromatic nitrogens is 2. The van der Waals surface area contributed by atoms with Gasteiger partial charge in [-0.25, -0.2) is 4.98 Å². The van der Waals surface area contributed by atoms with E-state index in [9.17, 15) is 5.11 Å². The molecule has 1 saturated heterocycles. The third-order valence-corrected chi connectivity index (χ3v) is 5.00. The SMILES string of the molecule is CCc1nsc(N2CCOCC2C2CCCC2O)n1. The molecule has 2 aliphatic rings. The Bertz CT molecular complexity index is 426. The molecule has 106 valence electrons. The van der Waals surface area contributed by atoms with Crippen LogP contribution in [0, 0.1) is 5.92 Å². The van der Waals surface area contributed by atoms with Crippen molar-refractivity contribution < 1.29 is 9.84 Å². The summed E-state index contributed by atoms with van der Waals surface area (Å²) >= 11 is 1.47. The normalized spacial score (nSPS) is 31.9. The van der Waals surface area contributed by atoms with Gasteiger partial charge in [-0.15, -0.1) is 0 Å². The maximum atomic E-state index is 10.1. The van der Waals surface area contributed by atoms with E-state index in [1.165, 1.54) is 11.5 Å². The minimum Gasteiger partial charge on any atom is -0.393 e. The summed E-state index contributed by atoms with van der Waals surface area (Å²) in [6.07, 6.45) is 3.81. The van der Waals surface area contributed by atoms with Gasteiger partial charge >= 0.3 is 0 Å². The Hall–Kier alpha value is -0.720. The number of morpholine rings is 1. The molecule has 0 amide bonds. The van der Waals surface area contributed by atoms with Gasteiger partial charge in [-0.1, -0.05) is 13.3 Å². The Balaban J connectivity index is 1.80. The molecule has 19 heavy (non-hydrogen) atoms. The van der Waals surface area contributed by atoms with Crippen LogP contribution in [-0.4, -0.2) is 46.4 Å². The number of hydrogen-bond donors (Lipinski definition) is 1. The highest BCUT2D eigenvalue weighted by Gasteiger charge is 2.38. The van der Waals surface area contributed by atoms with Crippen LogP contribution in [-0.2, 0) is 11.2 Å². The lowest BCUT2D eigenvalue weighted by atomic mass is 9.94. The van der Waals surface area contributed by atoms with Crippen molar-refractivity contribution in [1.29, 1.82) is 0 Å². The first-order valence-electron chi connectivity index (χ1n) is 7.14. The molecule has 3 atom stereocenters. The lowest BCUT2D eigenvalue weighted by Crippen LogP contribution is -2.51. The summed E-state index contributed by atoms with van der Waals surface area (Å²) < 4.78 is 10.0. The maximum absolute atomic E-state index is 10.1. The molecule has 1 aliphatic carbocycles. The van der Waals surface area contributed by atoms with Gasteiger partial charge in [-0.05, 0) is 12.8 Å². The van der Waals surface area contributed by atoms with Crippen LogP contribution in [0.1, 0.15) is 32.0 Å². The Labute approximate surface area is 117 Å². The molecule has 2 heterocycles. The average Bonchev–Trinajstić information content (AvgIpc) is 3.07. The largest absolute Gasteiger partial charge is 0.393 e. The van der Waals surface area contributed by atoms with E-state index < -0.39 is 0 Å². The molecule has 5 nitrogen and oxygen atoms in total. The van der Waals surface area contributed by atoms with E-state index in [1.54, 1.807) is 0 Å². The number of aliphatic hydroxyl groups is 1. The van der Waals surface area contributed by atoms with Gasteiger partial charge in [0.2, 0.25) is 5.13 Å². The summed E-state index contributed by atoms with van der Waals surface area (Å²) in [5, 5.41) is 11.1. The van der Waals surface area contributed by atoms with Gasteiger partial charge in [0.25, 0.3) is 0 Å². The highest BCUT2D eigenvalue weighted by atomic mass is 32.1. The number of rotatable bonds is 3. The van der Waals surface area contributed by atoms with Crippen molar-refractivity contribution in [2.24, 2.45) is 5.92 Å². The van der Waals surface area contributed by atoms with Crippen molar-refractivity contribution in [3.8, 4) is 0 Å². The predicted molar refractivity (Wildman–Crippen MR) is 74.6 cm³/mol. The van der Waals surface area contributed by atoms with E-state index in [4.69, 9.17) is 4.74 Å². The van der Waals surface area contributed by atoms with Crippen LogP contribution < -0.4 is 4.90 Å². The number of ether oxygens (including phenoxy) is 1. The van der Waals surface area contributed by atoms with E-state index in [1.807, 2.05) is 0 Å². The second-order valence-electron chi connectivity index (χ2n) is 5.34. The molecule has 2 fully saturated rings. The fourth-order valence-electron chi connectivity index (χ4n) is 3.14. The molecule has 1 aromatic rings. The Morgan fingerprint density at radius 2 is 2.37 bits per heavy atom. The van der Waals surface area contributed by atoms with Crippen molar-refractivity contribution in [3.63, 3.8) is 0 Å². The predicted octanol–water partition coefficient (Wildman–Crippen LogP) is 1.47. The molecular formula is C13H21N3O2S. The first-order valence-corrected chi connectivity index (χ1v) is 7.92. The van der Waals surface area contributed by atoms with E-state index in [2.05, 4.69) is 21.2 Å². The summed E-state index contributed by atoms with van der Waals surface area (Å²) in [5.74, 6) is 1.23. The average molecular weight is 283 g/mol. The highest BCUT2D eigenvalue weighted by Crippen LogP contribution is 2.34. The Kier molecular flexibility index (Phi) is 4.00. The number of hydrogen-bond acceptors (Lipinski definition) is 6. The molecule has 3 rings (SSSR count). The summed E-state index contributed by atoms with van der Waals surface area (Å²) in [6, 6.07) is 0.254. The first-order chi connectivity index (χ1) is 9.29. The number of nitrogens with zero attached hydrogens (tertiary/aromatic N) is 3. The number of anilines is 1. The molecule has 0 aromatic carbocycles. The smallest absolute Gasteiger partial charge is 0.205 e. The first kappa shape index (κ1) is 13.3. The standard InChI is InChI=1S/C13H21N3O2S/c1-2-12-14-13(19-15-12)16-6-7-18-8-10(16)9-4-3-5-11(9)17/h9-11,17H,2-8H2,1H3. The molecule has 3 unspecified atom stereocenters. The zero-order valence-corrected chi connectivity index (χ0v) is 12.1. The number of aryl methyl sites for hydroxylation is 1. The van der Waals surface area contributed by atoms with Gasteiger partial charge in [0.15, 0.2) is 0 Å². The monoisotopic (exact) mass is 283 g/mol. The fraction of sp³-hybridized carbons (Fsp3) is 0.846. The van der Waals surface area contributed by atoms with Crippen LogP contribution in [0.4, 0.5) is 5.13 Å². The van der Waals surface area contributed by atoms with Crippen molar-refractivity contribution >= 4 is 16.7 Å². The Morgan fingerprint density at radius 1 is 1.47 bits per heavy atom. The molecule has 1 aromatic heterocycles. The van der Waals surface area contributed by atoms with Crippen molar-refractivity contribution in [2.45, 2.75) is 44.8 Å². The van der Waals surface area contributed by atoms with Gasteiger partial charge in [-0.2, -0.15) is 4.37 Å². The molecule has 1 aliphatic heterocycles. The minimum atomic E-state index is -0.187. The second kappa shape index (κ2) is 5.73. The molecule has 0 radical (unpaired) electrons. The van der Waals surface area contributed by atoms with E-state index in [0.29, 0.717) is 12.5 Å². The summed E-state index contributed by atoms with van der Waals surface area (Å²) in [5.41, 5.74) is 0. The number of aliphatic hydroxyl groups excluding tert-OH is 1. The molecule has 1 N–H and O–H groups in total. The summed E-state index contributed by atoms with van der Waals surface area (Å²) in [6.45, 7) is 4.36. The van der Waals surface area contributed by atoms with E-state index >= 15 is 0 Å². The van der Waals surface area contributed by atoms with Crippen LogP contribution in [0.25, 0.3) is 0 Å². The van der Waals surface area contributed by atoms with Gasteiger partial charge in [0.05, 0.1) is 25.4 Å². The van der Waals surface area contributed by atoms with Gasteiger partial charge in [0.1, 0.15) is 5.82 Å². The lowest BCUT2D eigenvalue weighted by molar-refractivity contribution is 0.0414. The minimum absolute atomic E-state index is 0.187. The molecule has 6 heteroatoms. The lowest BCUT2D eigenvalue weighted by Gasteiger charge is -2.39. The third-order valence-electron chi connectivity index (χ3n) is 4.21. The molecule has 0 bridgehead atoms. The molecular weight excluding hydrogens is 262 g/mol. The van der Waals surface area contributed by atoms with Crippen molar-refractivity contribution in [2.75, 3.05) is 24.7 Å². The van der Waals surface area contributed by atoms with Crippen LogP contribution >= 0.6 is 11.5 Å². The van der Waals surface area contributed by atoms with E-state index in [-0.39, 0.29) is 12.1 Å². The van der Waals surface area contributed by atoms with Crippen molar-refractivity contribution in [3.05, 3.63) is 5.82 Å². The zero-order valence-electron chi connectivity index (χ0n) is 11.3.